The molecule has 2 heterocycles. The van der Waals surface area contributed by atoms with Crippen LogP contribution in [0.1, 0.15) is 10.4 Å². The van der Waals surface area contributed by atoms with E-state index in [-0.39, 0.29) is 17.5 Å². The number of fused-ring (bicyclic) bond motifs is 1. The van der Waals surface area contributed by atoms with Gasteiger partial charge in [-0.3, -0.25) is 10.1 Å². The van der Waals surface area contributed by atoms with Gasteiger partial charge in [0.05, 0.1) is 5.56 Å². The van der Waals surface area contributed by atoms with Crippen LogP contribution in [0.2, 0.25) is 0 Å². The second kappa shape index (κ2) is 6.43. The normalized spacial score (nSPS) is 12.7. The van der Waals surface area contributed by atoms with Crippen molar-refractivity contribution in [3.63, 3.8) is 0 Å². The number of hydrogen-bond donors (Lipinski definition) is 1. The Hall–Kier alpha value is -3.49. The summed E-state index contributed by atoms with van der Waals surface area (Å²) in [5.41, 5.74) is 0.223. The maximum atomic E-state index is 13.8. The number of carbonyl (C=O) groups excluding carboxylic acids is 1. The first-order chi connectivity index (χ1) is 12.6. The molecule has 132 valence electrons. The first kappa shape index (κ1) is 16.0. The highest BCUT2D eigenvalue weighted by molar-refractivity contribution is 6.03. The molecule has 2 aromatic carbocycles. The van der Waals surface area contributed by atoms with Crippen molar-refractivity contribution in [1.82, 2.24) is 10.2 Å². The van der Waals surface area contributed by atoms with Crippen LogP contribution in [0.5, 0.6) is 11.5 Å². The Morgan fingerprint density at radius 2 is 1.81 bits per heavy atom. The predicted molar refractivity (Wildman–Crippen MR) is 85.0 cm³/mol. The van der Waals surface area contributed by atoms with Crippen LogP contribution in [0.15, 0.2) is 40.8 Å². The number of rotatable bonds is 3. The molecule has 0 radical (unpaired) electrons. The summed E-state index contributed by atoms with van der Waals surface area (Å²) in [7, 11) is 0. The van der Waals surface area contributed by atoms with E-state index in [1.165, 1.54) is 12.1 Å². The number of anilines is 1. The van der Waals surface area contributed by atoms with Crippen molar-refractivity contribution in [2.24, 2.45) is 0 Å². The molecule has 0 atom stereocenters. The molecule has 26 heavy (non-hydrogen) atoms. The predicted octanol–water partition coefficient (Wildman–Crippen LogP) is 3.04. The highest BCUT2D eigenvalue weighted by Crippen LogP contribution is 2.31. The lowest BCUT2D eigenvalue weighted by Gasteiger charge is -2.18. The molecule has 0 saturated heterocycles. The highest BCUT2D eigenvalue weighted by atomic mass is 19.1. The molecule has 1 aliphatic rings. The van der Waals surface area contributed by atoms with Crippen molar-refractivity contribution in [3.05, 3.63) is 53.6 Å². The lowest BCUT2D eigenvalue weighted by Crippen LogP contribution is -2.17. The van der Waals surface area contributed by atoms with Crippen molar-refractivity contribution < 1.29 is 27.5 Å². The standard InChI is InChI=1S/C17H11F2N3O4/c18-10-2-3-11(12(19)8-10)16-21-22-17(26-16)20-15(23)9-1-4-13-14(7-9)25-6-5-24-13/h1-4,7-8H,5-6H2,(H,20,22,23). The number of carbonyl (C=O) groups is 1. The Balaban J connectivity index is 1.53. The van der Waals surface area contributed by atoms with E-state index in [9.17, 15) is 13.6 Å². The molecule has 4 rings (SSSR count). The van der Waals surface area contributed by atoms with Gasteiger partial charge in [-0.1, -0.05) is 5.10 Å². The van der Waals surface area contributed by atoms with Gasteiger partial charge in [0.1, 0.15) is 24.8 Å². The van der Waals surface area contributed by atoms with E-state index in [1.54, 1.807) is 12.1 Å². The van der Waals surface area contributed by atoms with Gasteiger partial charge in [0, 0.05) is 11.6 Å². The minimum Gasteiger partial charge on any atom is -0.486 e. The van der Waals surface area contributed by atoms with E-state index in [4.69, 9.17) is 13.9 Å². The third kappa shape index (κ3) is 3.06. The summed E-state index contributed by atoms with van der Waals surface area (Å²) in [5, 5.41) is 9.71. The summed E-state index contributed by atoms with van der Waals surface area (Å²) in [6.07, 6.45) is 0. The minimum absolute atomic E-state index is 0.0706. The first-order valence-electron chi connectivity index (χ1n) is 7.60. The van der Waals surface area contributed by atoms with Crippen LogP contribution in [-0.4, -0.2) is 29.3 Å². The summed E-state index contributed by atoms with van der Waals surface area (Å²) in [4.78, 5) is 12.3. The molecular formula is C17H11F2N3O4. The van der Waals surface area contributed by atoms with Gasteiger partial charge in [-0.2, -0.15) is 0 Å². The summed E-state index contributed by atoms with van der Waals surface area (Å²) >= 11 is 0. The van der Waals surface area contributed by atoms with E-state index in [1.807, 2.05) is 0 Å². The lowest BCUT2D eigenvalue weighted by atomic mass is 10.2. The molecule has 0 unspecified atom stereocenters. The van der Waals surface area contributed by atoms with Crippen LogP contribution in [0.25, 0.3) is 11.5 Å². The topological polar surface area (TPSA) is 86.5 Å². The molecule has 1 N–H and O–H groups in total. The number of benzene rings is 2. The van der Waals surface area contributed by atoms with E-state index in [0.717, 1.165) is 6.07 Å². The van der Waals surface area contributed by atoms with Crippen LogP contribution in [0, 0.1) is 11.6 Å². The molecule has 7 nitrogen and oxygen atoms in total. The minimum atomic E-state index is -0.849. The highest BCUT2D eigenvalue weighted by Gasteiger charge is 2.18. The van der Waals surface area contributed by atoms with Gasteiger partial charge in [0.15, 0.2) is 11.5 Å². The zero-order valence-corrected chi connectivity index (χ0v) is 13.2. The first-order valence-corrected chi connectivity index (χ1v) is 7.60. The molecule has 0 fully saturated rings. The maximum absolute atomic E-state index is 13.8. The van der Waals surface area contributed by atoms with Crippen LogP contribution in [-0.2, 0) is 0 Å². The quantitative estimate of drug-likeness (QED) is 0.774. The van der Waals surface area contributed by atoms with Gasteiger partial charge in [-0.25, -0.2) is 8.78 Å². The number of hydrogen-bond acceptors (Lipinski definition) is 6. The Kier molecular flexibility index (Phi) is 3.96. The van der Waals surface area contributed by atoms with Gasteiger partial charge in [-0.15, -0.1) is 5.10 Å². The zero-order valence-electron chi connectivity index (χ0n) is 13.2. The van der Waals surface area contributed by atoms with Crippen LogP contribution in [0.3, 0.4) is 0 Å². The van der Waals surface area contributed by atoms with Gasteiger partial charge in [0.2, 0.25) is 0 Å². The van der Waals surface area contributed by atoms with E-state index in [2.05, 4.69) is 15.5 Å². The van der Waals surface area contributed by atoms with Gasteiger partial charge in [-0.05, 0) is 30.3 Å². The average Bonchev–Trinajstić information content (AvgIpc) is 3.09. The Morgan fingerprint density at radius 1 is 1.00 bits per heavy atom. The summed E-state index contributed by atoms with van der Waals surface area (Å²) in [5.74, 6) is -1.25. The number of nitrogens with one attached hydrogen (secondary N) is 1. The largest absolute Gasteiger partial charge is 0.486 e. The van der Waals surface area contributed by atoms with E-state index < -0.39 is 17.5 Å². The molecule has 0 spiro atoms. The fourth-order valence-electron chi connectivity index (χ4n) is 2.40. The molecule has 0 saturated carbocycles. The second-order valence-electron chi connectivity index (χ2n) is 5.35. The number of nitrogens with zero attached hydrogens (tertiary/aromatic N) is 2. The van der Waals surface area contributed by atoms with Crippen LogP contribution in [0.4, 0.5) is 14.8 Å². The molecular weight excluding hydrogens is 348 g/mol. The molecule has 0 aliphatic carbocycles. The van der Waals surface area contributed by atoms with Crippen molar-refractivity contribution >= 4 is 11.9 Å². The Labute approximate surface area is 145 Å². The number of halogens is 2. The summed E-state index contributed by atoms with van der Waals surface area (Å²) in [6.45, 7) is 0.845. The van der Waals surface area contributed by atoms with E-state index in [0.29, 0.717) is 36.3 Å². The second-order valence-corrected chi connectivity index (χ2v) is 5.35. The fourth-order valence-corrected chi connectivity index (χ4v) is 2.40. The van der Waals surface area contributed by atoms with Crippen LogP contribution < -0.4 is 14.8 Å². The molecule has 0 bridgehead atoms. The lowest BCUT2D eigenvalue weighted by molar-refractivity contribution is 0.102. The SMILES string of the molecule is O=C(Nc1nnc(-c2ccc(F)cc2F)o1)c1ccc2c(c1)OCCO2. The van der Waals surface area contributed by atoms with Crippen molar-refractivity contribution in [2.75, 3.05) is 18.5 Å². The molecule has 1 aromatic heterocycles. The molecule has 1 amide bonds. The molecule has 9 heteroatoms. The van der Waals surface area contributed by atoms with Gasteiger partial charge < -0.3 is 13.9 Å². The van der Waals surface area contributed by atoms with Gasteiger partial charge >= 0.3 is 6.01 Å². The Bertz CT molecular complexity index is 990. The molecule has 3 aromatic rings. The third-order valence-corrected chi connectivity index (χ3v) is 3.61. The van der Waals surface area contributed by atoms with Crippen molar-refractivity contribution in [1.29, 1.82) is 0 Å². The maximum Gasteiger partial charge on any atom is 0.322 e. The summed E-state index contributed by atoms with van der Waals surface area (Å²) in [6, 6.07) is 7.42. The number of amides is 1. The number of aromatic nitrogens is 2. The van der Waals surface area contributed by atoms with Crippen LogP contribution >= 0.6 is 0 Å². The monoisotopic (exact) mass is 359 g/mol. The van der Waals surface area contributed by atoms with E-state index >= 15 is 0 Å². The Morgan fingerprint density at radius 3 is 2.62 bits per heavy atom. The van der Waals surface area contributed by atoms with Gasteiger partial charge in [0.25, 0.3) is 11.8 Å². The van der Waals surface area contributed by atoms with Crippen molar-refractivity contribution in [3.8, 4) is 23.0 Å². The summed E-state index contributed by atoms with van der Waals surface area (Å²) < 4.78 is 42.7. The third-order valence-electron chi connectivity index (χ3n) is 3.61. The smallest absolute Gasteiger partial charge is 0.322 e. The average molecular weight is 359 g/mol. The molecule has 1 aliphatic heterocycles. The van der Waals surface area contributed by atoms with Crippen molar-refractivity contribution in [2.45, 2.75) is 0 Å². The number of ether oxygens (including phenoxy) is 2. The zero-order chi connectivity index (χ0) is 18.1. The fraction of sp³-hybridized carbons (Fsp3) is 0.118.